The summed E-state index contributed by atoms with van der Waals surface area (Å²) in [5, 5.41) is 8.36. The molecule has 0 fully saturated rings. The van der Waals surface area contributed by atoms with Gasteiger partial charge in [0.2, 0.25) is 5.91 Å². The van der Waals surface area contributed by atoms with Crippen LogP contribution in [0.2, 0.25) is 0 Å². The molecule has 4 aromatic rings. The molecule has 3 N–H and O–H groups in total. The molecule has 0 radical (unpaired) electrons. The number of rotatable bonds is 9. The third-order valence-electron chi connectivity index (χ3n) is 5.96. The Bertz CT molecular complexity index is 1550. The normalized spacial score (nSPS) is 11.0. The fraction of sp³-hybridized carbons (Fsp3) is 0.0938. The van der Waals surface area contributed by atoms with Gasteiger partial charge < -0.3 is 16.0 Å². The van der Waals surface area contributed by atoms with E-state index in [0.29, 0.717) is 16.8 Å². The first-order valence-electron chi connectivity index (χ1n) is 12.5. The van der Waals surface area contributed by atoms with Crippen molar-refractivity contribution >= 4 is 46.9 Å². The van der Waals surface area contributed by atoms with Gasteiger partial charge in [0.05, 0.1) is 5.75 Å². The molecule has 0 saturated heterocycles. The average Bonchev–Trinajstić information content (AvgIpc) is 2.95. The fourth-order valence-electron chi connectivity index (χ4n) is 3.70. The zero-order chi connectivity index (χ0) is 28.5. The molecule has 0 aromatic heterocycles. The minimum Gasteiger partial charge on any atom is -0.325 e. The molecule has 4 aromatic carbocycles. The second-order valence-electron chi connectivity index (χ2n) is 9.05. The van der Waals surface area contributed by atoms with Crippen molar-refractivity contribution in [2.24, 2.45) is 0 Å². The van der Waals surface area contributed by atoms with E-state index in [1.165, 1.54) is 42.1 Å². The van der Waals surface area contributed by atoms with Gasteiger partial charge in [0, 0.05) is 21.8 Å². The van der Waals surface area contributed by atoms with Crippen LogP contribution in [0.1, 0.15) is 27.0 Å². The molecule has 8 heteroatoms. The average molecular weight is 554 g/mol. The second kappa shape index (κ2) is 13.4. The zero-order valence-electron chi connectivity index (χ0n) is 22.0. The third-order valence-corrected chi connectivity index (χ3v) is 6.96. The predicted molar refractivity (Wildman–Crippen MR) is 159 cm³/mol. The van der Waals surface area contributed by atoms with Crippen molar-refractivity contribution in [2.45, 2.75) is 18.7 Å². The number of hydrogen-bond acceptors (Lipinski definition) is 4. The van der Waals surface area contributed by atoms with Crippen LogP contribution in [0.3, 0.4) is 0 Å². The van der Waals surface area contributed by atoms with E-state index in [1.807, 2.05) is 38.1 Å². The zero-order valence-corrected chi connectivity index (χ0v) is 22.8. The Morgan fingerprint density at radius 3 is 2.23 bits per heavy atom. The van der Waals surface area contributed by atoms with Crippen molar-refractivity contribution in [3.63, 3.8) is 0 Å². The Balaban J connectivity index is 1.44. The highest BCUT2D eigenvalue weighted by Crippen LogP contribution is 2.23. The third kappa shape index (κ3) is 8.15. The number of nitrogens with one attached hydrogen (secondary N) is 3. The van der Waals surface area contributed by atoms with Gasteiger partial charge in [-0.05, 0) is 91.2 Å². The standard InChI is InChI=1S/C32H28FN3O3S/c1-21-11-16-27(17-22(21)2)34-30(37)20-40-28-10-6-9-26(19-28)35-32(39)29(18-23-12-14-25(33)15-13-23)36-31(38)24-7-4-3-5-8-24/h3-19H,20H2,1-2H3,(H,34,37)(H,35,39)(H,36,38)/b29-18-. The SMILES string of the molecule is Cc1ccc(NC(=O)CSc2cccc(NC(=O)/C(=C/c3ccc(F)cc3)NC(=O)c3ccccc3)c2)cc1C. The lowest BCUT2D eigenvalue weighted by Crippen LogP contribution is -2.30. The molecule has 0 bridgehead atoms. The predicted octanol–water partition coefficient (Wildman–Crippen LogP) is 6.58. The van der Waals surface area contributed by atoms with Crippen molar-refractivity contribution in [3.05, 3.63) is 131 Å². The van der Waals surface area contributed by atoms with Crippen LogP contribution >= 0.6 is 11.8 Å². The molecular formula is C32H28FN3O3S. The highest BCUT2D eigenvalue weighted by atomic mass is 32.2. The van der Waals surface area contributed by atoms with Crippen LogP contribution in [0.5, 0.6) is 0 Å². The Morgan fingerprint density at radius 1 is 0.775 bits per heavy atom. The number of anilines is 2. The Kier molecular flexibility index (Phi) is 9.48. The number of carbonyl (C=O) groups excluding carboxylic acids is 3. The van der Waals surface area contributed by atoms with E-state index in [2.05, 4.69) is 16.0 Å². The molecule has 202 valence electrons. The van der Waals surface area contributed by atoms with Crippen molar-refractivity contribution in [1.29, 1.82) is 0 Å². The molecule has 0 aliphatic rings. The van der Waals surface area contributed by atoms with Gasteiger partial charge >= 0.3 is 0 Å². The number of carbonyl (C=O) groups is 3. The van der Waals surface area contributed by atoms with Crippen LogP contribution < -0.4 is 16.0 Å². The molecule has 0 aliphatic heterocycles. The minimum atomic E-state index is -0.553. The summed E-state index contributed by atoms with van der Waals surface area (Å²) in [5.74, 6) is -1.37. The van der Waals surface area contributed by atoms with Gasteiger partial charge in [-0.3, -0.25) is 14.4 Å². The molecular weight excluding hydrogens is 525 g/mol. The van der Waals surface area contributed by atoms with Gasteiger partial charge in [-0.2, -0.15) is 0 Å². The maximum absolute atomic E-state index is 13.4. The molecule has 0 unspecified atom stereocenters. The highest BCUT2D eigenvalue weighted by Gasteiger charge is 2.15. The summed E-state index contributed by atoms with van der Waals surface area (Å²) in [5.41, 5.74) is 4.41. The lowest BCUT2D eigenvalue weighted by Gasteiger charge is -2.12. The Labute approximate surface area is 236 Å². The van der Waals surface area contributed by atoms with Crippen LogP contribution in [0.25, 0.3) is 6.08 Å². The fourth-order valence-corrected chi connectivity index (χ4v) is 4.45. The summed E-state index contributed by atoms with van der Waals surface area (Å²) < 4.78 is 13.4. The van der Waals surface area contributed by atoms with E-state index in [4.69, 9.17) is 0 Å². The number of aryl methyl sites for hydroxylation is 2. The molecule has 0 spiro atoms. The number of thioether (sulfide) groups is 1. The van der Waals surface area contributed by atoms with Crippen LogP contribution in [0.15, 0.2) is 108 Å². The van der Waals surface area contributed by atoms with Gasteiger partial charge in [-0.15, -0.1) is 11.8 Å². The molecule has 4 rings (SSSR count). The van der Waals surface area contributed by atoms with Gasteiger partial charge in [-0.25, -0.2) is 4.39 Å². The van der Waals surface area contributed by atoms with Gasteiger partial charge in [0.25, 0.3) is 11.8 Å². The molecule has 3 amide bonds. The van der Waals surface area contributed by atoms with E-state index < -0.39 is 17.6 Å². The molecule has 0 heterocycles. The number of amides is 3. The van der Waals surface area contributed by atoms with Gasteiger partial charge in [0.1, 0.15) is 11.5 Å². The van der Waals surface area contributed by atoms with E-state index in [-0.39, 0.29) is 17.4 Å². The topological polar surface area (TPSA) is 87.3 Å². The number of halogens is 1. The first-order valence-corrected chi connectivity index (χ1v) is 13.5. The first-order chi connectivity index (χ1) is 19.3. The Hall–Kier alpha value is -4.69. The van der Waals surface area contributed by atoms with E-state index in [1.54, 1.807) is 48.5 Å². The molecule has 0 saturated carbocycles. The van der Waals surface area contributed by atoms with Gasteiger partial charge in [-0.1, -0.05) is 42.5 Å². The molecule has 0 atom stereocenters. The highest BCUT2D eigenvalue weighted by molar-refractivity contribution is 8.00. The maximum atomic E-state index is 13.4. The summed E-state index contributed by atoms with van der Waals surface area (Å²) in [7, 11) is 0. The van der Waals surface area contributed by atoms with Crippen molar-refractivity contribution < 1.29 is 18.8 Å². The number of benzene rings is 4. The van der Waals surface area contributed by atoms with Crippen molar-refractivity contribution in [1.82, 2.24) is 5.32 Å². The molecule has 40 heavy (non-hydrogen) atoms. The second-order valence-corrected chi connectivity index (χ2v) is 10.1. The van der Waals surface area contributed by atoms with Crippen LogP contribution in [-0.4, -0.2) is 23.5 Å². The lowest BCUT2D eigenvalue weighted by molar-refractivity contribution is -0.114. The maximum Gasteiger partial charge on any atom is 0.272 e. The van der Waals surface area contributed by atoms with Gasteiger partial charge in [0.15, 0.2) is 0 Å². The van der Waals surface area contributed by atoms with Crippen molar-refractivity contribution in [2.75, 3.05) is 16.4 Å². The summed E-state index contributed by atoms with van der Waals surface area (Å²) in [6.45, 7) is 4.01. The summed E-state index contributed by atoms with van der Waals surface area (Å²) in [6.07, 6.45) is 1.48. The monoisotopic (exact) mass is 553 g/mol. The molecule has 0 aliphatic carbocycles. The van der Waals surface area contributed by atoms with E-state index in [9.17, 15) is 18.8 Å². The molecule has 6 nitrogen and oxygen atoms in total. The van der Waals surface area contributed by atoms with E-state index >= 15 is 0 Å². The Morgan fingerprint density at radius 2 is 1.50 bits per heavy atom. The lowest BCUT2D eigenvalue weighted by atomic mass is 10.1. The summed E-state index contributed by atoms with van der Waals surface area (Å²) >= 11 is 1.33. The number of hydrogen-bond donors (Lipinski definition) is 3. The van der Waals surface area contributed by atoms with Crippen molar-refractivity contribution in [3.8, 4) is 0 Å². The smallest absolute Gasteiger partial charge is 0.272 e. The minimum absolute atomic E-state index is 0.00807. The first kappa shape index (κ1) is 28.3. The van der Waals surface area contributed by atoms with Crippen LogP contribution in [0, 0.1) is 19.7 Å². The largest absolute Gasteiger partial charge is 0.325 e. The quantitative estimate of drug-likeness (QED) is 0.161. The van der Waals surface area contributed by atoms with Crippen LogP contribution in [-0.2, 0) is 9.59 Å². The summed E-state index contributed by atoms with van der Waals surface area (Å²) in [6, 6.07) is 26.9. The van der Waals surface area contributed by atoms with E-state index in [0.717, 1.165) is 21.7 Å². The summed E-state index contributed by atoms with van der Waals surface area (Å²) in [4.78, 5) is 39.3. The van der Waals surface area contributed by atoms with Crippen LogP contribution in [0.4, 0.5) is 15.8 Å².